The molecule has 2 heterocycles. The fourth-order valence-corrected chi connectivity index (χ4v) is 1.98. The van der Waals surface area contributed by atoms with Gasteiger partial charge in [0.1, 0.15) is 0 Å². The number of H-pyrrole nitrogens is 2. The van der Waals surface area contributed by atoms with Gasteiger partial charge >= 0.3 is 5.69 Å². The molecule has 7 heteroatoms. The molecule has 6 nitrogen and oxygen atoms in total. The lowest BCUT2D eigenvalue weighted by atomic mass is 10.3. The molecule has 0 radical (unpaired) electrons. The van der Waals surface area contributed by atoms with E-state index in [9.17, 15) is 9.59 Å². The van der Waals surface area contributed by atoms with Gasteiger partial charge in [0, 0.05) is 13.2 Å². The number of aromatic nitrogens is 4. The summed E-state index contributed by atoms with van der Waals surface area (Å²) in [6, 6.07) is 3.48. The number of Topliss-reactive ketones (excluding diaryl/α,β-unsaturated/α-hetero) is 1. The van der Waals surface area contributed by atoms with Crippen LogP contribution in [0, 0.1) is 0 Å². The van der Waals surface area contributed by atoms with Gasteiger partial charge in [0.2, 0.25) is 0 Å². The second-order valence-electron chi connectivity index (χ2n) is 3.17. The number of rotatable bonds is 4. The van der Waals surface area contributed by atoms with Crippen LogP contribution >= 0.6 is 11.8 Å². The van der Waals surface area contributed by atoms with E-state index in [0.29, 0.717) is 10.9 Å². The predicted octanol–water partition coefficient (Wildman–Crippen LogP) is 0.412. The van der Waals surface area contributed by atoms with Crippen molar-refractivity contribution in [3.8, 4) is 0 Å². The van der Waals surface area contributed by atoms with Crippen molar-refractivity contribution in [1.82, 2.24) is 19.7 Å². The Labute approximate surface area is 95.1 Å². The molecule has 0 saturated heterocycles. The first-order chi connectivity index (χ1) is 7.68. The number of nitrogens with one attached hydrogen (secondary N) is 2. The van der Waals surface area contributed by atoms with Crippen molar-refractivity contribution in [1.29, 1.82) is 0 Å². The summed E-state index contributed by atoms with van der Waals surface area (Å²) in [7, 11) is 1.60. The van der Waals surface area contributed by atoms with E-state index in [1.54, 1.807) is 25.4 Å². The minimum Gasteiger partial charge on any atom is -0.359 e. The molecule has 0 amide bonds. The highest BCUT2D eigenvalue weighted by Gasteiger charge is 2.10. The number of carbonyl (C=O) groups is 1. The van der Waals surface area contributed by atoms with Crippen LogP contribution in [0.25, 0.3) is 0 Å². The van der Waals surface area contributed by atoms with Gasteiger partial charge in [-0.15, -0.1) is 5.10 Å². The average Bonchev–Trinajstić information content (AvgIpc) is 2.89. The van der Waals surface area contributed by atoms with Crippen molar-refractivity contribution < 1.29 is 4.79 Å². The summed E-state index contributed by atoms with van der Waals surface area (Å²) in [5.74, 6) is 0.226. The Morgan fingerprint density at radius 3 is 3.00 bits per heavy atom. The Morgan fingerprint density at radius 2 is 2.44 bits per heavy atom. The van der Waals surface area contributed by atoms with E-state index < -0.39 is 0 Å². The Balaban J connectivity index is 2.01. The van der Waals surface area contributed by atoms with E-state index in [1.807, 2.05) is 0 Å². The maximum atomic E-state index is 11.6. The van der Waals surface area contributed by atoms with Gasteiger partial charge in [0.05, 0.1) is 11.4 Å². The van der Waals surface area contributed by atoms with Crippen molar-refractivity contribution >= 4 is 17.5 Å². The topological polar surface area (TPSA) is 83.5 Å². The number of thioether (sulfide) groups is 1. The molecule has 84 valence electrons. The first kappa shape index (κ1) is 10.7. The second-order valence-corrected chi connectivity index (χ2v) is 4.11. The van der Waals surface area contributed by atoms with Crippen LogP contribution in [0.15, 0.2) is 28.3 Å². The van der Waals surface area contributed by atoms with Gasteiger partial charge in [-0.25, -0.2) is 9.89 Å². The summed E-state index contributed by atoms with van der Waals surface area (Å²) < 4.78 is 1.37. The molecule has 0 aliphatic heterocycles. The highest BCUT2D eigenvalue weighted by molar-refractivity contribution is 7.99. The molecule has 2 rings (SSSR count). The Kier molecular flexibility index (Phi) is 2.95. The maximum absolute atomic E-state index is 11.6. The SMILES string of the molecule is Cn1c(SCC(=O)c2ccc[nH]2)n[nH]c1=O. The molecular weight excluding hydrogens is 228 g/mol. The predicted molar refractivity (Wildman–Crippen MR) is 59.7 cm³/mol. The Morgan fingerprint density at radius 1 is 1.62 bits per heavy atom. The summed E-state index contributed by atoms with van der Waals surface area (Å²) in [5, 5.41) is 6.61. The largest absolute Gasteiger partial charge is 0.359 e. The molecule has 0 spiro atoms. The van der Waals surface area contributed by atoms with Crippen LogP contribution in [0.5, 0.6) is 0 Å². The first-order valence-electron chi connectivity index (χ1n) is 4.59. The minimum atomic E-state index is -0.283. The fraction of sp³-hybridized carbons (Fsp3) is 0.222. The smallest absolute Gasteiger partial charge is 0.343 e. The van der Waals surface area contributed by atoms with Crippen molar-refractivity contribution in [3.63, 3.8) is 0 Å². The van der Waals surface area contributed by atoms with Gasteiger partial charge < -0.3 is 4.98 Å². The standard InChI is InChI=1S/C9H10N4O2S/c1-13-8(15)11-12-9(13)16-5-7(14)6-3-2-4-10-6/h2-4,10H,5H2,1H3,(H,11,15). The van der Waals surface area contributed by atoms with Crippen LogP contribution in [0.1, 0.15) is 10.5 Å². The molecule has 0 unspecified atom stereocenters. The minimum absolute atomic E-state index is 0.0227. The van der Waals surface area contributed by atoms with Gasteiger partial charge in [-0.2, -0.15) is 0 Å². The van der Waals surface area contributed by atoms with Crippen molar-refractivity contribution in [2.24, 2.45) is 7.05 Å². The first-order valence-corrected chi connectivity index (χ1v) is 5.58. The molecule has 16 heavy (non-hydrogen) atoms. The summed E-state index contributed by atoms with van der Waals surface area (Å²) >= 11 is 1.23. The number of hydrogen-bond donors (Lipinski definition) is 2. The van der Waals surface area contributed by atoms with Crippen molar-refractivity contribution in [2.45, 2.75) is 5.16 Å². The molecule has 0 aliphatic carbocycles. The Hall–Kier alpha value is -1.76. The quantitative estimate of drug-likeness (QED) is 0.597. The lowest BCUT2D eigenvalue weighted by Crippen LogP contribution is -2.13. The monoisotopic (exact) mass is 238 g/mol. The molecule has 0 aliphatic rings. The van der Waals surface area contributed by atoms with E-state index in [-0.39, 0.29) is 17.2 Å². The van der Waals surface area contributed by atoms with Crippen LogP contribution in [0.3, 0.4) is 0 Å². The molecule has 2 aromatic rings. The summed E-state index contributed by atoms with van der Waals surface area (Å²) in [6.07, 6.45) is 1.70. The lowest BCUT2D eigenvalue weighted by Gasteiger charge is -1.98. The number of ketones is 1. The van der Waals surface area contributed by atoms with Crippen LogP contribution in [0.2, 0.25) is 0 Å². The summed E-state index contributed by atoms with van der Waals surface area (Å²) in [5.41, 5.74) is 0.280. The van der Waals surface area contributed by atoms with E-state index in [2.05, 4.69) is 15.2 Å². The summed E-state index contributed by atoms with van der Waals surface area (Å²) in [4.78, 5) is 25.5. The molecular formula is C9H10N4O2S. The number of hydrogen-bond acceptors (Lipinski definition) is 4. The number of aromatic amines is 2. The van der Waals surface area contributed by atoms with E-state index in [4.69, 9.17) is 0 Å². The van der Waals surface area contributed by atoms with E-state index in [1.165, 1.54) is 16.3 Å². The fourth-order valence-electron chi connectivity index (χ4n) is 1.17. The zero-order valence-corrected chi connectivity index (χ0v) is 9.37. The van der Waals surface area contributed by atoms with Crippen LogP contribution in [-0.4, -0.2) is 31.3 Å². The maximum Gasteiger partial charge on any atom is 0.343 e. The van der Waals surface area contributed by atoms with E-state index >= 15 is 0 Å². The van der Waals surface area contributed by atoms with Gasteiger partial charge in [-0.05, 0) is 12.1 Å². The zero-order chi connectivity index (χ0) is 11.5. The van der Waals surface area contributed by atoms with Crippen molar-refractivity contribution in [3.05, 3.63) is 34.5 Å². The highest BCUT2D eigenvalue weighted by atomic mass is 32.2. The van der Waals surface area contributed by atoms with Gasteiger partial charge in [-0.1, -0.05) is 11.8 Å². The normalized spacial score (nSPS) is 10.6. The highest BCUT2D eigenvalue weighted by Crippen LogP contribution is 2.13. The van der Waals surface area contributed by atoms with Gasteiger partial charge in [0.25, 0.3) is 0 Å². The molecule has 0 fully saturated rings. The molecule has 0 bridgehead atoms. The van der Waals surface area contributed by atoms with E-state index in [0.717, 1.165) is 0 Å². The third-order valence-electron chi connectivity index (χ3n) is 2.07. The number of nitrogens with zero attached hydrogens (tertiary/aromatic N) is 2. The third-order valence-corrected chi connectivity index (χ3v) is 3.10. The average molecular weight is 238 g/mol. The molecule has 0 saturated carbocycles. The van der Waals surface area contributed by atoms with Gasteiger partial charge in [0.15, 0.2) is 10.9 Å². The van der Waals surface area contributed by atoms with Crippen LogP contribution < -0.4 is 5.69 Å². The second kappa shape index (κ2) is 4.40. The summed E-state index contributed by atoms with van der Waals surface area (Å²) in [6.45, 7) is 0. The zero-order valence-electron chi connectivity index (χ0n) is 8.56. The molecule has 0 aromatic carbocycles. The van der Waals surface area contributed by atoms with Crippen LogP contribution in [-0.2, 0) is 7.05 Å². The van der Waals surface area contributed by atoms with Crippen molar-refractivity contribution in [2.75, 3.05) is 5.75 Å². The third kappa shape index (κ3) is 2.08. The number of carbonyl (C=O) groups excluding carboxylic acids is 1. The lowest BCUT2D eigenvalue weighted by molar-refractivity contribution is 0.101. The van der Waals surface area contributed by atoms with Gasteiger partial charge in [-0.3, -0.25) is 9.36 Å². The molecule has 2 aromatic heterocycles. The van der Waals surface area contributed by atoms with Crippen LogP contribution in [0.4, 0.5) is 0 Å². The molecule has 0 atom stereocenters. The Bertz CT molecular complexity index is 540. The molecule has 2 N–H and O–H groups in total.